The van der Waals surface area contributed by atoms with Gasteiger partial charge < -0.3 is 23.9 Å². The summed E-state index contributed by atoms with van der Waals surface area (Å²) in [7, 11) is 0. The molecule has 9 heteroatoms. The highest BCUT2D eigenvalue weighted by atomic mass is 16.5. The molecule has 0 radical (unpaired) electrons. The standard InChI is InChI=1S/C26H32N4O5/c1-2-20-18-30(21-6-3-4-7-22(21)35-20)26(33)29-11-9-19(10-12-29)24(31)27-13-15-28(16-14-27)25(32)23-8-5-17-34-23/h3-8,17,19-20H,2,9-16,18H2,1H3/t20-/m0/s1. The number of hydrogen-bond donors (Lipinski definition) is 0. The fourth-order valence-electron chi connectivity index (χ4n) is 5.12. The van der Waals surface area contributed by atoms with Gasteiger partial charge in [-0.15, -0.1) is 0 Å². The number of furan rings is 1. The average Bonchev–Trinajstić information content (AvgIpc) is 3.46. The van der Waals surface area contributed by atoms with E-state index in [4.69, 9.17) is 9.15 Å². The number of rotatable bonds is 3. The lowest BCUT2D eigenvalue weighted by Gasteiger charge is -2.41. The number of hydrogen-bond acceptors (Lipinski definition) is 5. The van der Waals surface area contributed by atoms with Gasteiger partial charge in [-0.2, -0.15) is 0 Å². The molecular weight excluding hydrogens is 448 g/mol. The number of nitrogens with zero attached hydrogens (tertiary/aromatic N) is 4. The fourth-order valence-corrected chi connectivity index (χ4v) is 5.12. The minimum absolute atomic E-state index is 0.0184. The number of para-hydroxylation sites is 2. The molecule has 1 aromatic carbocycles. The Bertz CT molecular complexity index is 1060. The van der Waals surface area contributed by atoms with Crippen LogP contribution in [0, 0.1) is 5.92 Å². The Morgan fingerprint density at radius 2 is 1.60 bits per heavy atom. The summed E-state index contributed by atoms with van der Waals surface area (Å²) >= 11 is 0. The van der Waals surface area contributed by atoms with Crippen LogP contribution in [0.25, 0.3) is 0 Å². The normalized spacial score (nSPS) is 20.9. The van der Waals surface area contributed by atoms with Crippen LogP contribution >= 0.6 is 0 Å². The van der Waals surface area contributed by atoms with E-state index < -0.39 is 0 Å². The first-order chi connectivity index (χ1) is 17.0. The number of fused-ring (bicyclic) bond motifs is 1. The van der Waals surface area contributed by atoms with E-state index in [1.807, 2.05) is 39.0 Å². The summed E-state index contributed by atoms with van der Waals surface area (Å²) in [6.07, 6.45) is 3.60. The summed E-state index contributed by atoms with van der Waals surface area (Å²) in [5, 5.41) is 0. The number of ether oxygens (including phenoxy) is 1. The first kappa shape index (κ1) is 23.3. The lowest BCUT2D eigenvalue weighted by Crippen LogP contribution is -2.54. The molecule has 3 aliphatic rings. The van der Waals surface area contributed by atoms with E-state index in [-0.39, 0.29) is 29.9 Å². The van der Waals surface area contributed by atoms with Crippen molar-refractivity contribution in [2.45, 2.75) is 32.3 Å². The van der Waals surface area contributed by atoms with E-state index >= 15 is 0 Å². The molecule has 0 aliphatic carbocycles. The van der Waals surface area contributed by atoms with E-state index in [2.05, 4.69) is 6.92 Å². The summed E-state index contributed by atoms with van der Waals surface area (Å²) in [4.78, 5) is 46.3. The van der Waals surface area contributed by atoms with Crippen LogP contribution in [0.3, 0.4) is 0 Å². The van der Waals surface area contributed by atoms with Crippen molar-refractivity contribution in [3.8, 4) is 5.75 Å². The number of carbonyl (C=O) groups excluding carboxylic acids is 3. The van der Waals surface area contributed by atoms with Gasteiger partial charge in [-0.05, 0) is 43.5 Å². The number of amides is 4. The van der Waals surface area contributed by atoms with E-state index in [0.717, 1.165) is 17.9 Å². The Hall–Kier alpha value is -3.49. The topological polar surface area (TPSA) is 86.5 Å². The van der Waals surface area contributed by atoms with E-state index in [0.29, 0.717) is 64.4 Å². The maximum Gasteiger partial charge on any atom is 0.324 e. The van der Waals surface area contributed by atoms with Crippen LogP contribution in [0.1, 0.15) is 36.7 Å². The quantitative estimate of drug-likeness (QED) is 0.674. The highest BCUT2D eigenvalue weighted by Gasteiger charge is 2.36. The molecule has 5 rings (SSSR count). The Kier molecular flexibility index (Phi) is 6.66. The summed E-state index contributed by atoms with van der Waals surface area (Å²) < 4.78 is 11.2. The molecule has 2 fully saturated rings. The molecule has 0 saturated carbocycles. The van der Waals surface area contributed by atoms with Crippen molar-refractivity contribution in [2.24, 2.45) is 5.92 Å². The van der Waals surface area contributed by atoms with Crippen molar-refractivity contribution in [2.75, 3.05) is 50.7 Å². The van der Waals surface area contributed by atoms with Gasteiger partial charge in [0.05, 0.1) is 18.5 Å². The molecule has 35 heavy (non-hydrogen) atoms. The van der Waals surface area contributed by atoms with Crippen LogP contribution < -0.4 is 9.64 Å². The molecule has 3 aliphatic heterocycles. The first-order valence-electron chi connectivity index (χ1n) is 12.5. The molecule has 4 amide bonds. The summed E-state index contributed by atoms with van der Waals surface area (Å²) in [5.41, 5.74) is 0.808. The maximum absolute atomic E-state index is 13.4. The van der Waals surface area contributed by atoms with E-state index in [1.54, 1.807) is 17.0 Å². The molecule has 2 saturated heterocycles. The second kappa shape index (κ2) is 10.0. The summed E-state index contributed by atoms with van der Waals surface area (Å²) in [6, 6.07) is 11.0. The molecule has 0 spiro atoms. The predicted octanol–water partition coefficient (Wildman–Crippen LogP) is 3.07. The van der Waals surface area contributed by atoms with Gasteiger partial charge in [-0.25, -0.2) is 4.79 Å². The van der Waals surface area contributed by atoms with Crippen LogP contribution in [-0.2, 0) is 4.79 Å². The van der Waals surface area contributed by atoms with Crippen molar-refractivity contribution < 1.29 is 23.5 Å². The molecule has 1 aromatic heterocycles. The van der Waals surface area contributed by atoms with Crippen LogP contribution in [0.4, 0.5) is 10.5 Å². The number of piperidine rings is 1. The van der Waals surface area contributed by atoms with Gasteiger partial charge in [0.1, 0.15) is 11.9 Å². The lowest BCUT2D eigenvalue weighted by molar-refractivity contribution is -0.138. The SMILES string of the molecule is CC[C@H]1CN(C(=O)N2CCC(C(=O)N3CCN(C(=O)c4ccco4)CC3)CC2)c2ccccc2O1. The molecule has 4 heterocycles. The minimum Gasteiger partial charge on any atom is -0.486 e. The number of benzene rings is 1. The van der Waals surface area contributed by atoms with Gasteiger partial charge in [-0.1, -0.05) is 19.1 Å². The second-order valence-electron chi connectivity index (χ2n) is 9.37. The van der Waals surface area contributed by atoms with Crippen LogP contribution in [-0.4, -0.2) is 84.5 Å². The van der Waals surface area contributed by atoms with Crippen LogP contribution in [0.2, 0.25) is 0 Å². The number of likely N-dealkylation sites (tertiary alicyclic amines) is 1. The predicted molar refractivity (Wildman–Crippen MR) is 129 cm³/mol. The highest BCUT2D eigenvalue weighted by molar-refractivity contribution is 5.94. The Morgan fingerprint density at radius 3 is 2.29 bits per heavy atom. The molecule has 186 valence electrons. The van der Waals surface area contributed by atoms with Crippen LogP contribution in [0.15, 0.2) is 47.1 Å². The number of carbonyl (C=O) groups is 3. The Labute approximate surface area is 205 Å². The third-order valence-corrected chi connectivity index (χ3v) is 7.25. The zero-order valence-corrected chi connectivity index (χ0v) is 20.1. The molecule has 9 nitrogen and oxygen atoms in total. The average molecular weight is 481 g/mol. The lowest BCUT2D eigenvalue weighted by atomic mass is 9.95. The molecule has 1 atom stereocenters. The third kappa shape index (κ3) is 4.72. The largest absolute Gasteiger partial charge is 0.486 e. The van der Waals surface area contributed by atoms with Gasteiger partial charge in [0.25, 0.3) is 5.91 Å². The first-order valence-corrected chi connectivity index (χ1v) is 12.5. The summed E-state index contributed by atoms with van der Waals surface area (Å²) in [5.74, 6) is 0.976. The zero-order chi connectivity index (χ0) is 24.4. The molecule has 0 N–H and O–H groups in total. The van der Waals surface area contributed by atoms with Gasteiger partial charge in [0.2, 0.25) is 5.91 Å². The van der Waals surface area contributed by atoms with Gasteiger partial charge >= 0.3 is 6.03 Å². The van der Waals surface area contributed by atoms with E-state index in [9.17, 15) is 14.4 Å². The monoisotopic (exact) mass is 480 g/mol. The minimum atomic E-state index is -0.135. The van der Waals surface area contributed by atoms with Crippen molar-refractivity contribution in [1.29, 1.82) is 0 Å². The van der Waals surface area contributed by atoms with E-state index in [1.165, 1.54) is 6.26 Å². The van der Waals surface area contributed by atoms with Gasteiger partial charge in [0, 0.05) is 45.2 Å². The van der Waals surface area contributed by atoms with Gasteiger partial charge in [-0.3, -0.25) is 14.5 Å². The van der Waals surface area contributed by atoms with Crippen molar-refractivity contribution >= 4 is 23.5 Å². The van der Waals surface area contributed by atoms with Crippen molar-refractivity contribution in [3.05, 3.63) is 48.4 Å². The highest BCUT2D eigenvalue weighted by Crippen LogP contribution is 2.35. The Morgan fingerprint density at radius 1 is 0.886 bits per heavy atom. The molecule has 0 unspecified atom stereocenters. The van der Waals surface area contributed by atoms with Crippen molar-refractivity contribution in [3.63, 3.8) is 0 Å². The molecule has 2 aromatic rings. The number of piperazine rings is 1. The molecule has 0 bridgehead atoms. The Balaban J connectivity index is 1.14. The third-order valence-electron chi connectivity index (χ3n) is 7.25. The molecular formula is C26H32N4O5. The summed E-state index contributed by atoms with van der Waals surface area (Å²) in [6.45, 7) is 5.75. The number of urea groups is 1. The fraction of sp³-hybridized carbons (Fsp3) is 0.500. The second-order valence-corrected chi connectivity index (χ2v) is 9.37. The van der Waals surface area contributed by atoms with Crippen LogP contribution in [0.5, 0.6) is 5.75 Å². The maximum atomic E-state index is 13.4. The zero-order valence-electron chi connectivity index (χ0n) is 20.1. The smallest absolute Gasteiger partial charge is 0.324 e. The number of anilines is 1. The van der Waals surface area contributed by atoms with Gasteiger partial charge in [0.15, 0.2) is 5.76 Å². The van der Waals surface area contributed by atoms with Crippen molar-refractivity contribution in [1.82, 2.24) is 14.7 Å².